The first-order chi connectivity index (χ1) is 7.96. The maximum atomic E-state index is 13.6. The molecule has 0 bridgehead atoms. The van der Waals surface area contributed by atoms with Crippen molar-refractivity contribution in [3.8, 4) is 0 Å². The van der Waals surface area contributed by atoms with Crippen molar-refractivity contribution in [2.75, 3.05) is 7.11 Å². The minimum atomic E-state index is -1.04. The van der Waals surface area contributed by atoms with E-state index in [4.69, 9.17) is 1.37 Å². The summed E-state index contributed by atoms with van der Waals surface area (Å²) in [4.78, 5) is 22.1. The van der Waals surface area contributed by atoms with Crippen LogP contribution in [0.15, 0.2) is 18.2 Å². The molecule has 4 heteroatoms. The molecule has 0 aromatic heterocycles. The van der Waals surface area contributed by atoms with Gasteiger partial charge < -0.3 is 4.74 Å². The monoisotopic (exact) mass is 223 g/mol. The number of methoxy groups -OCH3 is 1. The number of halogens is 1. The van der Waals surface area contributed by atoms with Gasteiger partial charge >= 0.3 is 5.97 Å². The Bertz CT molecular complexity index is 491. The maximum absolute atomic E-state index is 13.6. The molecule has 0 spiro atoms. The molecular formula is C12H11FO3. The Kier molecular flexibility index (Phi) is 2.40. The normalized spacial score (nSPS) is 18.6. The highest BCUT2D eigenvalue weighted by Gasteiger charge is 2.28. The highest BCUT2D eigenvalue weighted by molar-refractivity contribution is 5.90. The van der Waals surface area contributed by atoms with Gasteiger partial charge in [-0.05, 0) is 23.6 Å². The number of hydrogen-bond acceptors (Lipinski definition) is 3. The molecule has 0 heterocycles. The van der Waals surface area contributed by atoms with Crippen LogP contribution in [-0.2, 0) is 9.53 Å². The molecule has 1 fully saturated rings. The van der Waals surface area contributed by atoms with Gasteiger partial charge in [0.2, 0.25) is 0 Å². The first-order valence-corrected chi connectivity index (χ1v) is 4.86. The lowest BCUT2D eigenvalue weighted by Gasteiger charge is -2.24. The van der Waals surface area contributed by atoms with E-state index in [0.717, 1.165) is 6.07 Å². The molecule has 0 aliphatic heterocycles. The Labute approximate surface area is 93.6 Å². The number of rotatable bonds is 2. The molecule has 0 radical (unpaired) electrons. The summed E-state index contributed by atoms with van der Waals surface area (Å²) in [5.41, 5.74) is 0.257. The molecular weight excluding hydrogens is 211 g/mol. The van der Waals surface area contributed by atoms with Gasteiger partial charge in [-0.25, -0.2) is 9.18 Å². The molecule has 0 atom stereocenters. The van der Waals surface area contributed by atoms with Crippen molar-refractivity contribution in [1.82, 2.24) is 0 Å². The van der Waals surface area contributed by atoms with Gasteiger partial charge in [0.15, 0.2) is 0 Å². The number of carbonyl (C=O) groups excluding carboxylic acids is 2. The number of hydrogen-bond donors (Lipinski definition) is 0. The van der Waals surface area contributed by atoms with E-state index < -0.39 is 17.7 Å². The van der Waals surface area contributed by atoms with Gasteiger partial charge in [-0.2, -0.15) is 0 Å². The van der Waals surface area contributed by atoms with E-state index in [1.165, 1.54) is 19.2 Å². The van der Waals surface area contributed by atoms with Gasteiger partial charge in [0.25, 0.3) is 0 Å². The predicted octanol–water partition coefficient (Wildman–Crippen LogP) is 2.06. The van der Waals surface area contributed by atoms with E-state index in [2.05, 4.69) is 4.74 Å². The predicted molar refractivity (Wildman–Crippen MR) is 54.7 cm³/mol. The van der Waals surface area contributed by atoms with E-state index in [9.17, 15) is 14.0 Å². The van der Waals surface area contributed by atoms with Gasteiger partial charge in [0, 0.05) is 14.2 Å². The fraction of sp³-hybridized carbons (Fsp3) is 0.333. The van der Waals surface area contributed by atoms with Crippen molar-refractivity contribution < 1.29 is 20.1 Å². The van der Waals surface area contributed by atoms with Crippen LogP contribution in [0.3, 0.4) is 0 Å². The summed E-state index contributed by atoms with van der Waals surface area (Å²) in [6.45, 7) is 0. The zero-order valence-corrected chi connectivity index (χ0v) is 8.75. The highest BCUT2D eigenvalue weighted by atomic mass is 19.1. The smallest absolute Gasteiger partial charge is 0.340 e. The summed E-state index contributed by atoms with van der Waals surface area (Å²) in [6, 6.07) is 3.91. The topological polar surface area (TPSA) is 43.4 Å². The van der Waals surface area contributed by atoms with Crippen LogP contribution < -0.4 is 0 Å². The second kappa shape index (κ2) is 4.04. The third kappa shape index (κ3) is 1.83. The Morgan fingerprint density at radius 1 is 1.56 bits per heavy atom. The van der Waals surface area contributed by atoms with Crippen LogP contribution in [-0.4, -0.2) is 18.9 Å². The summed E-state index contributed by atoms with van der Waals surface area (Å²) < 4.78 is 26.0. The Hall–Kier alpha value is -1.71. The van der Waals surface area contributed by atoms with Crippen LogP contribution in [0.4, 0.5) is 4.39 Å². The summed E-state index contributed by atoms with van der Waals surface area (Å²) in [7, 11) is 1.17. The molecule has 0 N–H and O–H groups in total. The van der Waals surface area contributed by atoms with Crippen molar-refractivity contribution in [2.45, 2.75) is 18.7 Å². The number of carbonyl (C=O) groups is 2. The Balaban J connectivity index is 2.31. The quantitative estimate of drug-likeness (QED) is 0.721. The molecule has 1 aromatic rings. The van der Waals surface area contributed by atoms with Crippen molar-refractivity contribution >= 4 is 11.8 Å². The third-order valence-corrected chi connectivity index (χ3v) is 2.60. The molecule has 1 aliphatic carbocycles. The zero-order valence-electron chi connectivity index (χ0n) is 9.75. The number of ketones is 1. The van der Waals surface area contributed by atoms with Gasteiger partial charge in [0.1, 0.15) is 11.6 Å². The number of Topliss-reactive ketones (excluding diaryl/α,β-unsaturated/α-hetero) is 1. The third-order valence-electron chi connectivity index (χ3n) is 2.60. The molecule has 84 valence electrons. The second-order valence-corrected chi connectivity index (χ2v) is 3.68. The van der Waals surface area contributed by atoms with E-state index in [1.807, 2.05) is 0 Å². The van der Waals surface area contributed by atoms with E-state index >= 15 is 0 Å². The van der Waals surface area contributed by atoms with Crippen molar-refractivity contribution in [2.24, 2.45) is 0 Å². The average molecular weight is 223 g/mol. The SMILES string of the molecule is [2H]C1(c2ccc(C(=O)OC)c(F)c2)CC(=O)C1. The zero-order chi connectivity index (χ0) is 12.6. The van der Waals surface area contributed by atoms with Crippen molar-refractivity contribution in [1.29, 1.82) is 0 Å². The van der Waals surface area contributed by atoms with Crippen LogP contribution in [0.2, 0.25) is 0 Å². The lowest BCUT2D eigenvalue weighted by atomic mass is 9.79. The molecule has 3 nitrogen and oxygen atoms in total. The largest absolute Gasteiger partial charge is 0.465 e. The molecule has 0 amide bonds. The van der Waals surface area contributed by atoms with Gasteiger partial charge in [0.05, 0.1) is 12.7 Å². The summed E-state index contributed by atoms with van der Waals surface area (Å²) in [5.74, 6) is -2.51. The van der Waals surface area contributed by atoms with Crippen LogP contribution in [0.25, 0.3) is 0 Å². The maximum Gasteiger partial charge on any atom is 0.340 e. The molecule has 16 heavy (non-hydrogen) atoms. The lowest BCUT2D eigenvalue weighted by molar-refractivity contribution is -0.124. The summed E-state index contributed by atoms with van der Waals surface area (Å²) in [6.07, 6.45) is 0.202. The van der Waals surface area contributed by atoms with Gasteiger partial charge in [-0.15, -0.1) is 0 Å². The van der Waals surface area contributed by atoms with Crippen LogP contribution in [0.5, 0.6) is 0 Å². The standard InChI is InChI=1S/C12H11FO3/c1-16-12(15)10-3-2-7(6-11(10)13)8-4-9(14)5-8/h2-3,6,8H,4-5H2,1H3/i8D. The molecule has 0 saturated heterocycles. The fourth-order valence-corrected chi connectivity index (χ4v) is 1.64. The first-order valence-electron chi connectivity index (χ1n) is 5.36. The Morgan fingerprint density at radius 3 is 2.75 bits per heavy atom. The van der Waals surface area contributed by atoms with Gasteiger partial charge in [-0.1, -0.05) is 6.07 Å². The minimum Gasteiger partial charge on any atom is -0.465 e. The minimum absolute atomic E-state index is 0.00236. The highest BCUT2D eigenvalue weighted by Crippen LogP contribution is 2.34. The van der Waals surface area contributed by atoms with Crippen LogP contribution in [0, 0.1) is 5.82 Å². The second-order valence-electron chi connectivity index (χ2n) is 3.68. The molecule has 1 saturated carbocycles. The summed E-state index contributed by atoms with van der Waals surface area (Å²) >= 11 is 0. The fourth-order valence-electron chi connectivity index (χ4n) is 1.64. The van der Waals surface area contributed by atoms with Crippen molar-refractivity contribution in [3.05, 3.63) is 35.1 Å². The Morgan fingerprint density at radius 2 is 2.25 bits per heavy atom. The van der Waals surface area contributed by atoms with Crippen LogP contribution >= 0.6 is 0 Å². The van der Waals surface area contributed by atoms with Crippen molar-refractivity contribution in [3.63, 3.8) is 0 Å². The number of ether oxygens (including phenoxy) is 1. The lowest BCUT2D eigenvalue weighted by Crippen LogP contribution is -2.21. The first kappa shape index (κ1) is 9.51. The number of benzene rings is 1. The number of esters is 1. The molecule has 0 unspecified atom stereocenters. The van der Waals surface area contributed by atoms with E-state index in [0.29, 0.717) is 5.56 Å². The van der Waals surface area contributed by atoms with Gasteiger partial charge in [-0.3, -0.25) is 4.79 Å². The molecule has 1 aromatic carbocycles. The van der Waals surface area contributed by atoms with Crippen LogP contribution in [0.1, 0.15) is 36.0 Å². The summed E-state index contributed by atoms with van der Waals surface area (Å²) in [5, 5.41) is 0. The average Bonchev–Trinajstić information content (AvgIpc) is 2.26. The molecule has 2 rings (SSSR count). The van der Waals surface area contributed by atoms with E-state index in [1.54, 1.807) is 0 Å². The molecule has 1 aliphatic rings. The van der Waals surface area contributed by atoms with E-state index in [-0.39, 0.29) is 24.2 Å².